The number of carboxylic acid groups (broad SMARTS) is 2. The van der Waals surface area contributed by atoms with E-state index in [9.17, 15) is 88.2 Å². The Labute approximate surface area is 680 Å². The summed E-state index contributed by atoms with van der Waals surface area (Å²) < 4.78 is 24.6. The Kier molecular flexibility index (Phi) is 39.3. The number of aromatic hydroxyl groups is 4. The number of nitrogens with two attached hydrogens (primary N) is 2. The van der Waals surface area contributed by atoms with E-state index in [4.69, 9.17) is 30.4 Å². The van der Waals surface area contributed by atoms with E-state index < -0.39 is 115 Å². The lowest BCUT2D eigenvalue weighted by Crippen LogP contribution is -2.31. The van der Waals surface area contributed by atoms with Crippen molar-refractivity contribution in [2.75, 3.05) is 13.1 Å². The predicted octanol–water partition coefficient (Wildman–Crippen LogP) is 12.2. The first-order valence-electron chi connectivity index (χ1n) is 38.3. The molecule has 0 aromatic heterocycles. The molecule has 4 amide bonds. The fraction of sp³-hybridized carbons (Fsp3) is 0.333. The molecule has 0 aliphatic carbocycles. The lowest BCUT2D eigenvalue weighted by atomic mass is 9.85. The van der Waals surface area contributed by atoms with Crippen molar-refractivity contribution in [2.45, 2.75) is 155 Å². The molecule has 117 heavy (non-hydrogen) atoms. The third kappa shape index (κ3) is 35.1. The van der Waals surface area contributed by atoms with Gasteiger partial charge in [-0.15, -0.1) is 0 Å². The predicted molar refractivity (Wildman–Crippen MR) is 435 cm³/mol. The molecule has 8 rings (SSSR count). The van der Waals surface area contributed by atoms with Crippen LogP contribution in [0.1, 0.15) is 150 Å². The molecular formula is C90H105FN4O22. The van der Waals surface area contributed by atoms with Gasteiger partial charge < -0.3 is 71.7 Å². The van der Waals surface area contributed by atoms with Gasteiger partial charge in [0.05, 0.1) is 24.7 Å². The Morgan fingerprint density at radius 1 is 0.308 bits per heavy atom. The SMILES string of the molecule is F.NC(=O)C(CC(=O)CCCc1ccc(O)c(O)c1)CC(=O)C(CC(=O)O)CC(=O)CCC(=O)NCCc1ccc(O)c(O)c1.NC(=O)C(CC(=O)CCCc1ccc(OCc2ccccc2)c(OCc2ccccc2)c1)CC(=O)C(CC(=O)O)CC(=O)CCC(=O)NCCc1ccc(OCc2ccccc2)c(OCc2ccccc2)c1.[HH].[HH]. The highest BCUT2D eigenvalue weighted by molar-refractivity contribution is 5.96. The fourth-order valence-electron chi connectivity index (χ4n) is 12.5. The molecule has 0 aliphatic heterocycles. The van der Waals surface area contributed by atoms with Crippen LogP contribution in [0.3, 0.4) is 0 Å². The fourth-order valence-corrected chi connectivity index (χ4v) is 12.5. The van der Waals surface area contributed by atoms with Gasteiger partial charge in [-0.3, -0.25) is 62.2 Å². The summed E-state index contributed by atoms with van der Waals surface area (Å²) in [6.45, 7) is 1.84. The lowest BCUT2D eigenvalue weighted by Gasteiger charge is -2.17. The molecule has 0 fully saturated rings. The van der Waals surface area contributed by atoms with Gasteiger partial charge in [0.2, 0.25) is 23.6 Å². The summed E-state index contributed by atoms with van der Waals surface area (Å²) >= 11 is 0. The van der Waals surface area contributed by atoms with E-state index in [1.165, 1.54) is 24.3 Å². The Bertz CT molecular complexity index is 4640. The number of carbonyl (C=O) groups is 12. The van der Waals surface area contributed by atoms with Crippen molar-refractivity contribution >= 4 is 70.3 Å². The van der Waals surface area contributed by atoms with Crippen LogP contribution in [0.15, 0.2) is 194 Å². The van der Waals surface area contributed by atoms with E-state index in [1.54, 1.807) is 12.1 Å². The van der Waals surface area contributed by atoms with Crippen molar-refractivity contribution in [3.63, 3.8) is 0 Å². The normalized spacial score (nSPS) is 11.8. The van der Waals surface area contributed by atoms with Gasteiger partial charge in [0.15, 0.2) is 46.0 Å². The van der Waals surface area contributed by atoms with Crippen molar-refractivity contribution in [1.29, 1.82) is 0 Å². The number of halogens is 1. The van der Waals surface area contributed by atoms with Crippen molar-refractivity contribution in [2.24, 2.45) is 35.1 Å². The number of amides is 4. The number of primary amides is 2. The monoisotopic (exact) mass is 1610 g/mol. The molecule has 624 valence electrons. The Morgan fingerprint density at radius 2 is 0.598 bits per heavy atom. The molecule has 8 aromatic rings. The molecule has 12 N–H and O–H groups in total. The van der Waals surface area contributed by atoms with E-state index in [0.29, 0.717) is 99.1 Å². The van der Waals surface area contributed by atoms with E-state index in [-0.39, 0.29) is 112 Å². The number of nitrogens with one attached hydrogen (secondary N) is 2. The van der Waals surface area contributed by atoms with Crippen LogP contribution in [0.5, 0.6) is 46.0 Å². The highest BCUT2D eigenvalue weighted by Gasteiger charge is 2.32. The van der Waals surface area contributed by atoms with Gasteiger partial charge >= 0.3 is 11.9 Å². The van der Waals surface area contributed by atoms with Crippen LogP contribution < -0.4 is 41.0 Å². The minimum Gasteiger partial charge on any atom is -0.504 e. The van der Waals surface area contributed by atoms with Crippen LogP contribution >= 0.6 is 0 Å². The van der Waals surface area contributed by atoms with Crippen LogP contribution in [-0.2, 0) is 110 Å². The number of benzene rings is 8. The molecule has 0 aliphatic rings. The minimum absolute atomic E-state index is 0. The highest BCUT2D eigenvalue weighted by atomic mass is 19.0. The quantitative estimate of drug-likeness (QED) is 0.0158. The molecule has 0 bridgehead atoms. The second kappa shape index (κ2) is 49.5. The molecule has 0 saturated carbocycles. The molecule has 4 unspecified atom stereocenters. The van der Waals surface area contributed by atoms with Gasteiger partial charge in [0.25, 0.3) is 0 Å². The standard InChI is InChI=1S/C59H62N2O11.C31H38N2O11.FH.2H2/c60-59(68)49(35-50(62)23-13-22-42-24-27-53(69-38-44-14-5-1-6-15-44)55(32-42)71-40-46-18-9-3-10-19-46)36-52(64)48(37-58(66)67)34-51(63)26-29-57(65)61-31-30-43-25-28-54(70-39-45-16-7-2-8-17-45)56(33-43)72-41-47-20-11-4-12-21-47;32-31(44)21(15-22(34)3-1-2-18-4-7-24(36)27(39)12-18)16-26(38)20(17-30(42)43)14-23(35)6-9-29(41)33-11-10-19-5-8-25(37)28(40)13-19;;;/h1-12,14-21,24-25,27-28,32-33,48-49H,13,22-23,26,29-31,34-41H2,(H2,60,68)(H,61,65)(H,66,67);4-5,7-8,12-13,20-21,36-37,39-40H,1-3,6,9-11,14-17H2,(H2,32,44)(H,33,41)(H,42,43);3*1H. The Hall–Kier alpha value is -13.1. The van der Waals surface area contributed by atoms with Crippen molar-refractivity contribution in [1.82, 2.24) is 10.6 Å². The highest BCUT2D eigenvalue weighted by Crippen LogP contribution is 2.34. The number of carboxylic acids is 2. The number of hydrogen-bond donors (Lipinski definition) is 10. The van der Waals surface area contributed by atoms with E-state index in [1.807, 2.05) is 158 Å². The van der Waals surface area contributed by atoms with Gasteiger partial charge in [-0.2, -0.15) is 0 Å². The number of carbonyl (C=O) groups excluding carboxylic acids is 10. The van der Waals surface area contributed by atoms with E-state index >= 15 is 0 Å². The summed E-state index contributed by atoms with van der Waals surface area (Å²) in [5.41, 5.74) is 18.2. The van der Waals surface area contributed by atoms with Crippen LogP contribution in [0.4, 0.5) is 4.70 Å². The zero-order valence-electron chi connectivity index (χ0n) is 64.9. The van der Waals surface area contributed by atoms with Gasteiger partial charge in [-0.05, 0) is 132 Å². The van der Waals surface area contributed by atoms with E-state index in [0.717, 1.165) is 33.4 Å². The lowest BCUT2D eigenvalue weighted by molar-refractivity contribution is -0.142. The summed E-state index contributed by atoms with van der Waals surface area (Å²) in [5, 5.41) is 62.1. The zero-order valence-corrected chi connectivity index (χ0v) is 64.9. The van der Waals surface area contributed by atoms with Gasteiger partial charge in [-0.1, -0.05) is 146 Å². The number of hydrogen-bond acceptors (Lipinski definition) is 20. The Morgan fingerprint density at radius 3 is 0.923 bits per heavy atom. The average Bonchev–Trinajstić information content (AvgIpc) is 0.852. The second-order valence-corrected chi connectivity index (χ2v) is 28.3. The maximum Gasteiger partial charge on any atom is 0.304 e. The number of Topliss-reactive ketones (excluding diaryl/α,β-unsaturated/α-hetero) is 6. The Balaban J connectivity index is 0.000000546. The molecule has 8 aromatic carbocycles. The first-order chi connectivity index (χ1) is 55.7. The van der Waals surface area contributed by atoms with Crippen molar-refractivity contribution in [3.05, 3.63) is 239 Å². The molecule has 0 radical (unpaired) electrons. The average molecular weight is 1610 g/mol. The second-order valence-electron chi connectivity index (χ2n) is 28.3. The first kappa shape index (κ1) is 92.8. The third-order valence-corrected chi connectivity index (χ3v) is 19.0. The third-order valence-electron chi connectivity index (χ3n) is 19.0. The molecule has 4 atom stereocenters. The van der Waals surface area contributed by atoms with Crippen molar-refractivity contribution in [3.8, 4) is 46.0 Å². The smallest absolute Gasteiger partial charge is 0.304 e. The van der Waals surface area contributed by atoms with Crippen LogP contribution in [-0.4, -0.2) is 114 Å². The summed E-state index contributed by atoms with van der Waals surface area (Å²) in [7, 11) is 0. The van der Waals surface area contributed by atoms with Crippen LogP contribution in [0.25, 0.3) is 0 Å². The van der Waals surface area contributed by atoms with Gasteiger partial charge in [-0.25, -0.2) is 0 Å². The number of ketones is 6. The summed E-state index contributed by atoms with van der Waals surface area (Å²) in [6.07, 6.45) is -1.99. The molecule has 27 heteroatoms. The van der Waals surface area contributed by atoms with Gasteiger partial charge in [0.1, 0.15) is 61.1 Å². The van der Waals surface area contributed by atoms with Crippen molar-refractivity contribution < 1.29 is 115 Å². The largest absolute Gasteiger partial charge is 0.504 e. The first-order valence-corrected chi connectivity index (χ1v) is 38.3. The number of aryl methyl sites for hydroxylation is 2. The topological polar surface area (TPSA) is 439 Å². The summed E-state index contributed by atoms with van der Waals surface area (Å²) in [5.74, 6) is -11.9. The van der Waals surface area contributed by atoms with Crippen LogP contribution in [0, 0.1) is 23.7 Å². The summed E-state index contributed by atoms with van der Waals surface area (Å²) in [4.78, 5) is 150. The van der Waals surface area contributed by atoms with Gasteiger partial charge in [0, 0.05) is 105 Å². The molecule has 0 heterocycles. The molecule has 0 spiro atoms. The minimum atomic E-state index is -1.33. The molecule has 0 saturated heterocycles. The number of phenols is 4. The van der Waals surface area contributed by atoms with E-state index in [2.05, 4.69) is 10.6 Å². The summed E-state index contributed by atoms with van der Waals surface area (Å²) in [6, 6.07) is 58.8. The maximum atomic E-state index is 13.5. The zero-order chi connectivity index (χ0) is 83.7. The number of phenolic OH excluding ortho intramolecular Hbond substituents is 4. The molecular weight excluding hydrogens is 1510 g/mol. The number of aliphatic carboxylic acids is 2. The number of ether oxygens (including phenoxy) is 4. The number of rotatable bonds is 52. The van der Waals surface area contributed by atoms with Crippen LogP contribution in [0.2, 0.25) is 0 Å². The molecule has 26 nitrogen and oxygen atoms in total. The maximum absolute atomic E-state index is 13.5.